The number of esters is 1. The topological polar surface area (TPSA) is 60.5 Å². The van der Waals surface area contributed by atoms with E-state index in [0.717, 1.165) is 31.9 Å². The minimum atomic E-state index is -0.425. The normalized spacial score (nSPS) is 16.5. The van der Waals surface area contributed by atoms with Gasteiger partial charge in [-0.15, -0.1) is 0 Å². The first-order chi connectivity index (χ1) is 12.1. The maximum absolute atomic E-state index is 11.5. The molecule has 0 aromatic carbocycles. The zero-order valence-corrected chi connectivity index (χ0v) is 15.3. The summed E-state index contributed by atoms with van der Waals surface area (Å²) < 4.78 is 12.5. The minimum absolute atomic E-state index is 0.272. The number of nitrogens with zero attached hydrogens (tertiary/aromatic N) is 3. The monoisotopic (exact) mass is 345 g/mol. The summed E-state index contributed by atoms with van der Waals surface area (Å²) in [7, 11) is 1.36. The lowest BCUT2D eigenvalue weighted by Gasteiger charge is -2.31. The molecule has 0 saturated carbocycles. The first kappa shape index (κ1) is 17.7. The average molecular weight is 345 g/mol. The van der Waals surface area contributed by atoms with Gasteiger partial charge in [-0.2, -0.15) is 0 Å². The Morgan fingerprint density at radius 1 is 1.36 bits per heavy atom. The van der Waals surface area contributed by atoms with E-state index in [1.165, 1.54) is 25.8 Å². The van der Waals surface area contributed by atoms with Crippen molar-refractivity contribution < 1.29 is 13.9 Å². The summed E-state index contributed by atoms with van der Waals surface area (Å²) in [6.45, 7) is 8.26. The fourth-order valence-electron chi connectivity index (χ4n) is 3.47. The van der Waals surface area contributed by atoms with E-state index in [-0.39, 0.29) is 5.76 Å². The van der Waals surface area contributed by atoms with Gasteiger partial charge < -0.3 is 13.7 Å². The number of carbonyl (C=O) groups excluding carboxylic acids is 1. The lowest BCUT2D eigenvalue weighted by atomic mass is 9.96. The van der Waals surface area contributed by atoms with Gasteiger partial charge in [0.05, 0.1) is 13.7 Å². The molecule has 6 heteroatoms. The maximum atomic E-state index is 11.5. The molecule has 0 bridgehead atoms. The van der Waals surface area contributed by atoms with Crippen LogP contribution in [0.3, 0.4) is 0 Å². The number of furan rings is 1. The first-order valence-electron chi connectivity index (χ1n) is 8.97. The molecular formula is C19H27N3O3. The number of carbonyl (C=O) groups is 1. The van der Waals surface area contributed by atoms with Gasteiger partial charge in [0, 0.05) is 24.9 Å². The van der Waals surface area contributed by atoms with Gasteiger partial charge in [0.25, 0.3) is 0 Å². The SMILES string of the molecule is COC(=O)c1ccc(CN2CCC(Cn3ccnc3C(C)C)CC2)o1. The Hall–Kier alpha value is -2.08. The Labute approximate surface area is 148 Å². The fraction of sp³-hybridized carbons (Fsp3) is 0.579. The van der Waals surface area contributed by atoms with Gasteiger partial charge in [-0.3, -0.25) is 4.90 Å². The highest BCUT2D eigenvalue weighted by molar-refractivity contribution is 5.86. The number of aromatic nitrogens is 2. The van der Waals surface area contributed by atoms with Crippen LogP contribution < -0.4 is 0 Å². The highest BCUT2D eigenvalue weighted by atomic mass is 16.5. The molecule has 0 amide bonds. The van der Waals surface area contributed by atoms with Crippen molar-refractivity contribution >= 4 is 5.97 Å². The molecule has 0 spiro atoms. The van der Waals surface area contributed by atoms with Crippen LogP contribution in [0.2, 0.25) is 0 Å². The molecule has 25 heavy (non-hydrogen) atoms. The highest BCUT2D eigenvalue weighted by Gasteiger charge is 2.22. The van der Waals surface area contributed by atoms with Gasteiger partial charge in [-0.05, 0) is 44.0 Å². The number of piperidine rings is 1. The minimum Gasteiger partial charge on any atom is -0.463 e. The second kappa shape index (κ2) is 7.87. The lowest BCUT2D eigenvalue weighted by molar-refractivity contribution is 0.0560. The van der Waals surface area contributed by atoms with Gasteiger partial charge in [-0.25, -0.2) is 9.78 Å². The molecule has 1 aliphatic rings. The molecule has 2 aromatic heterocycles. The molecule has 0 N–H and O–H groups in total. The van der Waals surface area contributed by atoms with Crippen LogP contribution in [-0.2, 0) is 17.8 Å². The van der Waals surface area contributed by atoms with Crippen molar-refractivity contribution in [2.75, 3.05) is 20.2 Å². The second-order valence-corrected chi connectivity index (χ2v) is 7.07. The van der Waals surface area contributed by atoms with Gasteiger partial charge in [0.1, 0.15) is 11.6 Å². The smallest absolute Gasteiger partial charge is 0.373 e. The van der Waals surface area contributed by atoms with E-state index in [2.05, 4.69) is 39.2 Å². The summed E-state index contributed by atoms with van der Waals surface area (Å²) in [4.78, 5) is 18.3. The third kappa shape index (κ3) is 4.31. The molecule has 136 valence electrons. The van der Waals surface area contributed by atoms with E-state index in [9.17, 15) is 4.79 Å². The van der Waals surface area contributed by atoms with E-state index < -0.39 is 5.97 Å². The number of rotatable bonds is 6. The van der Waals surface area contributed by atoms with Crippen LogP contribution in [0, 0.1) is 5.92 Å². The Morgan fingerprint density at radius 3 is 2.80 bits per heavy atom. The van der Waals surface area contributed by atoms with Crippen LogP contribution in [0.25, 0.3) is 0 Å². The fourth-order valence-corrected chi connectivity index (χ4v) is 3.47. The van der Waals surface area contributed by atoms with Crippen LogP contribution in [0.15, 0.2) is 28.9 Å². The molecule has 0 radical (unpaired) electrons. The van der Waals surface area contributed by atoms with Gasteiger partial charge >= 0.3 is 5.97 Å². The summed E-state index contributed by atoms with van der Waals surface area (Å²) in [5.74, 6) is 2.98. The molecule has 1 saturated heterocycles. The molecular weight excluding hydrogens is 318 g/mol. The van der Waals surface area contributed by atoms with Crippen LogP contribution in [0.1, 0.15) is 54.7 Å². The Kier molecular flexibility index (Phi) is 5.58. The lowest BCUT2D eigenvalue weighted by Crippen LogP contribution is -2.34. The van der Waals surface area contributed by atoms with E-state index in [4.69, 9.17) is 4.42 Å². The van der Waals surface area contributed by atoms with Gasteiger partial charge in [0.15, 0.2) is 0 Å². The summed E-state index contributed by atoms with van der Waals surface area (Å²) in [5, 5.41) is 0. The van der Waals surface area contributed by atoms with Crippen molar-refractivity contribution in [3.8, 4) is 0 Å². The van der Waals surface area contributed by atoms with Crippen molar-refractivity contribution in [3.05, 3.63) is 41.9 Å². The predicted octanol–water partition coefficient (Wildman–Crippen LogP) is 3.30. The Morgan fingerprint density at radius 2 is 2.12 bits per heavy atom. The maximum Gasteiger partial charge on any atom is 0.373 e. The molecule has 3 heterocycles. The summed E-state index contributed by atoms with van der Waals surface area (Å²) in [6.07, 6.45) is 6.33. The number of methoxy groups -OCH3 is 1. The number of hydrogen-bond acceptors (Lipinski definition) is 5. The third-order valence-electron chi connectivity index (χ3n) is 4.85. The molecule has 0 unspecified atom stereocenters. The molecule has 6 nitrogen and oxygen atoms in total. The van der Waals surface area contributed by atoms with Crippen molar-refractivity contribution in [2.24, 2.45) is 5.92 Å². The Balaban J connectivity index is 1.49. The molecule has 1 aliphatic heterocycles. The van der Waals surface area contributed by atoms with Crippen LogP contribution in [0.5, 0.6) is 0 Å². The van der Waals surface area contributed by atoms with Crippen LogP contribution in [0.4, 0.5) is 0 Å². The molecule has 3 rings (SSSR count). The molecule has 0 aliphatic carbocycles. The summed E-state index contributed by atoms with van der Waals surface area (Å²) >= 11 is 0. The summed E-state index contributed by atoms with van der Waals surface area (Å²) in [5.41, 5.74) is 0. The third-order valence-corrected chi connectivity index (χ3v) is 4.85. The molecule has 2 aromatic rings. The highest BCUT2D eigenvalue weighted by Crippen LogP contribution is 2.23. The van der Waals surface area contributed by atoms with E-state index >= 15 is 0 Å². The average Bonchev–Trinajstić information content (AvgIpc) is 3.25. The van der Waals surface area contributed by atoms with Gasteiger partial charge in [0.2, 0.25) is 5.76 Å². The predicted molar refractivity (Wildman–Crippen MR) is 94.4 cm³/mol. The van der Waals surface area contributed by atoms with Crippen molar-refractivity contribution in [1.29, 1.82) is 0 Å². The zero-order valence-electron chi connectivity index (χ0n) is 15.3. The number of imidazole rings is 1. The van der Waals surface area contributed by atoms with Crippen LogP contribution >= 0.6 is 0 Å². The number of ether oxygens (including phenoxy) is 1. The Bertz CT molecular complexity index is 696. The van der Waals surface area contributed by atoms with Crippen molar-refractivity contribution in [2.45, 2.75) is 45.7 Å². The first-order valence-corrected chi connectivity index (χ1v) is 8.97. The number of likely N-dealkylation sites (tertiary alicyclic amines) is 1. The largest absolute Gasteiger partial charge is 0.463 e. The standard InChI is InChI=1S/C19H27N3O3/c1-14(2)18-20-8-11-22(18)12-15-6-9-21(10-7-15)13-16-4-5-17(25-16)19(23)24-3/h4-5,8,11,14-15H,6-7,9-10,12-13H2,1-3H3. The summed E-state index contributed by atoms with van der Waals surface area (Å²) in [6, 6.07) is 3.54. The van der Waals surface area contributed by atoms with Crippen molar-refractivity contribution in [3.63, 3.8) is 0 Å². The molecule has 0 atom stereocenters. The van der Waals surface area contributed by atoms with Gasteiger partial charge in [-0.1, -0.05) is 13.8 Å². The van der Waals surface area contributed by atoms with E-state index in [1.807, 2.05) is 12.3 Å². The molecule has 1 fully saturated rings. The van der Waals surface area contributed by atoms with Crippen LogP contribution in [-0.4, -0.2) is 40.6 Å². The van der Waals surface area contributed by atoms with Crippen molar-refractivity contribution in [1.82, 2.24) is 14.5 Å². The van der Waals surface area contributed by atoms with E-state index in [1.54, 1.807) is 6.07 Å². The second-order valence-electron chi connectivity index (χ2n) is 7.07. The van der Waals surface area contributed by atoms with E-state index in [0.29, 0.717) is 11.8 Å². The zero-order chi connectivity index (χ0) is 17.8. The quantitative estimate of drug-likeness (QED) is 0.752. The number of hydrogen-bond donors (Lipinski definition) is 0.